The van der Waals surface area contributed by atoms with Gasteiger partial charge in [-0.15, -0.1) is 0 Å². The molecule has 0 saturated carbocycles. The Morgan fingerprint density at radius 3 is 2.53 bits per heavy atom. The van der Waals surface area contributed by atoms with Crippen LogP contribution in [0.15, 0.2) is 0 Å². The van der Waals surface area contributed by atoms with E-state index in [0.29, 0.717) is 25.5 Å². The first-order valence-electron chi connectivity index (χ1n) is 7.56. The second kappa shape index (κ2) is 10.2. The Morgan fingerprint density at radius 1 is 1.37 bits per heavy atom. The minimum Gasteiger partial charge on any atom is -0.480 e. The maximum Gasteiger partial charge on any atom is 0.323 e. The lowest BCUT2D eigenvalue weighted by atomic mass is 9.98. The van der Waals surface area contributed by atoms with Gasteiger partial charge in [0.1, 0.15) is 5.54 Å². The highest BCUT2D eigenvalue weighted by Gasteiger charge is 2.31. The Kier molecular flexibility index (Phi) is 9.88. The molecule has 0 amide bonds. The van der Waals surface area contributed by atoms with Crippen LogP contribution in [0.4, 0.5) is 0 Å². The Balaban J connectivity index is 3.95. The maximum atomic E-state index is 11.2. The highest BCUT2D eigenvalue weighted by atomic mass is 16.5. The van der Waals surface area contributed by atoms with Gasteiger partial charge in [0.25, 0.3) is 0 Å². The van der Waals surface area contributed by atoms with Crippen LogP contribution in [0.2, 0.25) is 0 Å². The number of aliphatic carboxylic acids is 1. The van der Waals surface area contributed by atoms with E-state index in [-0.39, 0.29) is 0 Å². The fourth-order valence-electron chi connectivity index (χ4n) is 2.09. The standard InChI is InChI=1S/C15H31NO3/c1-5-8-9-13(6-2)12-19-11-10-15(4,14(17)18)16-7-3/h13,16H,5-12H2,1-4H3,(H,17,18). The van der Waals surface area contributed by atoms with E-state index in [0.717, 1.165) is 13.0 Å². The summed E-state index contributed by atoms with van der Waals surface area (Å²) in [5.41, 5.74) is -0.875. The van der Waals surface area contributed by atoms with E-state index in [2.05, 4.69) is 19.2 Å². The molecule has 0 spiro atoms. The Bertz CT molecular complexity index is 246. The number of hydrogen-bond donors (Lipinski definition) is 2. The van der Waals surface area contributed by atoms with Gasteiger partial charge in [-0.1, -0.05) is 40.0 Å². The molecule has 0 aromatic heterocycles. The summed E-state index contributed by atoms with van der Waals surface area (Å²) in [5, 5.41) is 12.2. The number of carboxylic acid groups (broad SMARTS) is 1. The largest absolute Gasteiger partial charge is 0.480 e. The molecule has 0 bridgehead atoms. The van der Waals surface area contributed by atoms with Crippen LogP contribution < -0.4 is 5.32 Å². The normalized spacial score (nSPS) is 16.0. The zero-order valence-electron chi connectivity index (χ0n) is 13.0. The van der Waals surface area contributed by atoms with Crippen molar-refractivity contribution >= 4 is 5.97 Å². The first-order valence-corrected chi connectivity index (χ1v) is 7.56. The molecule has 0 rings (SSSR count). The molecule has 0 aliphatic heterocycles. The summed E-state index contributed by atoms with van der Waals surface area (Å²) in [5.74, 6) is -0.203. The molecule has 0 aromatic carbocycles. The average Bonchev–Trinajstić information content (AvgIpc) is 2.38. The summed E-state index contributed by atoms with van der Waals surface area (Å²) in [7, 11) is 0. The van der Waals surface area contributed by atoms with Crippen molar-refractivity contribution < 1.29 is 14.6 Å². The molecule has 0 aromatic rings. The molecular weight excluding hydrogens is 242 g/mol. The molecule has 0 aliphatic rings. The number of likely N-dealkylation sites (N-methyl/N-ethyl adjacent to an activating group) is 1. The molecule has 2 N–H and O–H groups in total. The Hall–Kier alpha value is -0.610. The van der Waals surface area contributed by atoms with E-state index >= 15 is 0 Å². The lowest BCUT2D eigenvalue weighted by Crippen LogP contribution is -2.50. The third-order valence-electron chi connectivity index (χ3n) is 3.68. The van der Waals surface area contributed by atoms with Crippen LogP contribution in [0.5, 0.6) is 0 Å². The smallest absolute Gasteiger partial charge is 0.323 e. The molecule has 2 atom stereocenters. The highest BCUT2D eigenvalue weighted by Crippen LogP contribution is 2.14. The van der Waals surface area contributed by atoms with E-state index in [9.17, 15) is 9.90 Å². The van der Waals surface area contributed by atoms with Crippen LogP contribution in [0.1, 0.15) is 59.8 Å². The maximum absolute atomic E-state index is 11.2. The van der Waals surface area contributed by atoms with Crippen LogP contribution in [0.3, 0.4) is 0 Å². The van der Waals surface area contributed by atoms with Crippen molar-refractivity contribution in [1.82, 2.24) is 5.32 Å². The SMILES string of the molecule is CCCCC(CC)COCCC(C)(NCC)C(=O)O. The summed E-state index contributed by atoms with van der Waals surface area (Å²) >= 11 is 0. The van der Waals surface area contributed by atoms with E-state index in [1.165, 1.54) is 19.3 Å². The van der Waals surface area contributed by atoms with Gasteiger partial charge < -0.3 is 15.2 Å². The summed E-state index contributed by atoms with van der Waals surface area (Å²) in [6.07, 6.45) is 5.29. The summed E-state index contributed by atoms with van der Waals surface area (Å²) in [6.45, 7) is 9.91. The lowest BCUT2D eigenvalue weighted by molar-refractivity contribution is -0.145. The number of carboxylic acids is 1. The Morgan fingerprint density at radius 2 is 2.05 bits per heavy atom. The molecule has 2 unspecified atom stereocenters. The van der Waals surface area contributed by atoms with Gasteiger partial charge in [-0.3, -0.25) is 4.79 Å². The highest BCUT2D eigenvalue weighted by molar-refractivity contribution is 5.78. The predicted octanol–water partition coefficient (Wildman–Crippen LogP) is 3.06. The van der Waals surface area contributed by atoms with E-state index in [4.69, 9.17) is 4.74 Å². The van der Waals surface area contributed by atoms with Crippen LogP contribution in [0.25, 0.3) is 0 Å². The van der Waals surface area contributed by atoms with E-state index in [1.807, 2.05) is 6.92 Å². The van der Waals surface area contributed by atoms with Gasteiger partial charge >= 0.3 is 5.97 Å². The summed E-state index contributed by atoms with van der Waals surface area (Å²) < 4.78 is 5.67. The zero-order chi connectivity index (χ0) is 14.7. The molecule has 114 valence electrons. The van der Waals surface area contributed by atoms with Gasteiger partial charge in [0.2, 0.25) is 0 Å². The number of rotatable bonds is 12. The first-order chi connectivity index (χ1) is 9.00. The predicted molar refractivity (Wildman–Crippen MR) is 78.5 cm³/mol. The van der Waals surface area contributed by atoms with Crippen molar-refractivity contribution in [2.45, 2.75) is 65.3 Å². The first kappa shape index (κ1) is 18.4. The van der Waals surface area contributed by atoms with Crippen LogP contribution in [-0.4, -0.2) is 36.4 Å². The quantitative estimate of drug-likeness (QED) is 0.537. The fraction of sp³-hybridized carbons (Fsp3) is 0.933. The molecule has 19 heavy (non-hydrogen) atoms. The molecule has 0 aliphatic carbocycles. The molecule has 0 radical (unpaired) electrons. The van der Waals surface area contributed by atoms with Crippen molar-refractivity contribution in [3.63, 3.8) is 0 Å². The van der Waals surface area contributed by atoms with E-state index in [1.54, 1.807) is 6.92 Å². The molecule has 0 saturated heterocycles. The molecule has 4 nitrogen and oxygen atoms in total. The number of ether oxygens (including phenoxy) is 1. The van der Waals surface area contributed by atoms with Crippen LogP contribution in [-0.2, 0) is 9.53 Å². The number of carbonyl (C=O) groups is 1. The van der Waals surface area contributed by atoms with Gasteiger partial charge in [-0.05, 0) is 32.2 Å². The molecule has 4 heteroatoms. The number of unbranched alkanes of at least 4 members (excludes halogenated alkanes) is 1. The lowest BCUT2D eigenvalue weighted by Gasteiger charge is -2.26. The second-order valence-electron chi connectivity index (χ2n) is 5.41. The average molecular weight is 273 g/mol. The van der Waals surface area contributed by atoms with Gasteiger partial charge in [0.05, 0.1) is 0 Å². The van der Waals surface area contributed by atoms with Gasteiger partial charge in [-0.2, -0.15) is 0 Å². The monoisotopic (exact) mass is 273 g/mol. The van der Waals surface area contributed by atoms with Crippen molar-refractivity contribution in [2.24, 2.45) is 5.92 Å². The minimum absolute atomic E-state index is 0.498. The van der Waals surface area contributed by atoms with Crippen molar-refractivity contribution in [1.29, 1.82) is 0 Å². The van der Waals surface area contributed by atoms with E-state index < -0.39 is 11.5 Å². The third kappa shape index (κ3) is 7.53. The van der Waals surface area contributed by atoms with Crippen molar-refractivity contribution in [2.75, 3.05) is 19.8 Å². The van der Waals surface area contributed by atoms with Gasteiger partial charge in [0.15, 0.2) is 0 Å². The van der Waals surface area contributed by atoms with Gasteiger partial charge in [-0.25, -0.2) is 0 Å². The fourth-order valence-corrected chi connectivity index (χ4v) is 2.09. The number of nitrogens with one attached hydrogen (secondary N) is 1. The van der Waals surface area contributed by atoms with Crippen LogP contribution >= 0.6 is 0 Å². The molecule has 0 fully saturated rings. The van der Waals surface area contributed by atoms with Crippen LogP contribution in [0, 0.1) is 5.92 Å². The van der Waals surface area contributed by atoms with Crippen molar-refractivity contribution in [3.05, 3.63) is 0 Å². The molecule has 0 heterocycles. The summed E-state index contributed by atoms with van der Waals surface area (Å²) in [4.78, 5) is 11.2. The molecular formula is C15H31NO3. The van der Waals surface area contributed by atoms with Crippen molar-refractivity contribution in [3.8, 4) is 0 Å². The van der Waals surface area contributed by atoms with Gasteiger partial charge in [0, 0.05) is 13.2 Å². The topological polar surface area (TPSA) is 58.6 Å². The second-order valence-corrected chi connectivity index (χ2v) is 5.41. The minimum atomic E-state index is -0.875. The third-order valence-corrected chi connectivity index (χ3v) is 3.68. The zero-order valence-corrected chi connectivity index (χ0v) is 13.0. The summed E-state index contributed by atoms with van der Waals surface area (Å²) in [6, 6.07) is 0. The Labute approximate surface area is 117 Å². The number of hydrogen-bond acceptors (Lipinski definition) is 3.